The van der Waals surface area contributed by atoms with Crippen LogP contribution in [0.2, 0.25) is 0 Å². The largest absolute Gasteiger partial charge is 0.453 e. The van der Waals surface area contributed by atoms with E-state index in [0.29, 0.717) is 9.99 Å². The summed E-state index contributed by atoms with van der Waals surface area (Å²) in [4.78, 5) is 12.2. The number of carbonyl (C=O) groups excluding carboxylic acids is 1. The zero-order valence-electron chi connectivity index (χ0n) is 11.8. The van der Waals surface area contributed by atoms with E-state index in [-0.39, 0.29) is 18.2 Å². The summed E-state index contributed by atoms with van der Waals surface area (Å²) in [7, 11) is 0. The molecule has 0 unspecified atom stereocenters. The van der Waals surface area contributed by atoms with Gasteiger partial charge in [-0.2, -0.15) is 0 Å². The number of fused-ring (bicyclic) bond motifs is 1. The number of carbonyl (C=O) groups is 1. The number of benzene rings is 1. The number of ether oxygens (including phenoxy) is 4. The number of rotatable bonds is 3. The van der Waals surface area contributed by atoms with Crippen LogP contribution in [0.25, 0.3) is 0 Å². The lowest BCUT2D eigenvalue weighted by molar-refractivity contribution is -0.211. The Morgan fingerprint density at radius 1 is 1.29 bits per heavy atom. The smallest absolute Gasteiger partial charge is 0.338 e. The summed E-state index contributed by atoms with van der Waals surface area (Å²) in [6.07, 6.45) is -1.54. The molecule has 1 aromatic carbocycles. The Bertz CT molecular complexity index is 518. The molecule has 0 saturated carbocycles. The van der Waals surface area contributed by atoms with Crippen LogP contribution in [0.15, 0.2) is 30.3 Å². The molecular weight excluding hydrogens is 387 g/mol. The summed E-state index contributed by atoms with van der Waals surface area (Å²) in [6.45, 7) is 3.65. The van der Waals surface area contributed by atoms with Gasteiger partial charge >= 0.3 is 5.97 Å². The van der Waals surface area contributed by atoms with Gasteiger partial charge in [-0.1, -0.05) is 40.8 Å². The van der Waals surface area contributed by atoms with Crippen LogP contribution >= 0.6 is 22.6 Å². The number of alkyl halides is 1. The molecule has 0 spiro atoms. The van der Waals surface area contributed by atoms with Gasteiger partial charge in [-0.15, -0.1) is 0 Å². The second kappa shape index (κ2) is 5.83. The van der Waals surface area contributed by atoms with E-state index in [9.17, 15) is 4.79 Å². The molecule has 2 saturated heterocycles. The second-order valence-electron chi connectivity index (χ2n) is 5.53. The molecule has 3 rings (SSSR count). The SMILES string of the molecule is CC1(C)O[C@H]2O[C@H](CI)[C@@H](OC(=O)c3ccccc3)[C@H]2O1. The van der Waals surface area contributed by atoms with Crippen molar-refractivity contribution in [3.05, 3.63) is 35.9 Å². The minimum absolute atomic E-state index is 0.218. The average Bonchev–Trinajstić information content (AvgIpc) is 2.92. The number of halogens is 1. The fraction of sp³-hybridized carbons (Fsp3) is 0.533. The fourth-order valence-corrected chi connectivity index (χ4v) is 3.29. The lowest BCUT2D eigenvalue weighted by Gasteiger charge is -2.24. The fourth-order valence-electron chi connectivity index (χ4n) is 2.58. The highest BCUT2D eigenvalue weighted by atomic mass is 127. The Morgan fingerprint density at radius 3 is 2.67 bits per heavy atom. The molecule has 6 heteroatoms. The number of hydrogen-bond donors (Lipinski definition) is 0. The Labute approximate surface area is 137 Å². The lowest BCUT2D eigenvalue weighted by atomic mass is 10.1. The molecule has 0 bridgehead atoms. The standard InChI is InChI=1S/C15H17IO5/c1-15(2)20-12-11(10(8-16)18-14(12)21-15)19-13(17)9-6-4-3-5-7-9/h3-7,10-12,14H,8H2,1-2H3/t10-,11-,12-,14-/m1/s1. The van der Waals surface area contributed by atoms with Gasteiger partial charge in [0.1, 0.15) is 6.10 Å². The van der Waals surface area contributed by atoms with Gasteiger partial charge in [0.2, 0.25) is 0 Å². The monoisotopic (exact) mass is 404 g/mol. The van der Waals surface area contributed by atoms with Gasteiger partial charge in [-0.3, -0.25) is 0 Å². The predicted octanol–water partition coefficient (Wildman–Crippen LogP) is 2.52. The molecule has 5 nitrogen and oxygen atoms in total. The van der Waals surface area contributed by atoms with Gasteiger partial charge in [-0.25, -0.2) is 4.79 Å². The predicted molar refractivity (Wildman–Crippen MR) is 83.2 cm³/mol. The van der Waals surface area contributed by atoms with E-state index < -0.39 is 18.2 Å². The summed E-state index contributed by atoms with van der Waals surface area (Å²) >= 11 is 2.21. The quantitative estimate of drug-likeness (QED) is 0.441. The third-order valence-electron chi connectivity index (χ3n) is 3.49. The molecule has 0 aromatic heterocycles. The van der Waals surface area contributed by atoms with Gasteiger partial charge in [-0.05, 0) is 26.0 Å². The van der Waals surface area contributed by atoms with E-state index in [1.54, 1.807) is 24.3 Å². The van der Waals surface area contributed by atoms with Crippen LogP contribution in [-0.4, -0.2) is 40.8 Å². The van der Waals surface area contributed by atoms with E-state index in [4.69, 9.17) is 18.9 Å². The van der Waals surface area contributed by atoms with Gasteiger partial charge < -0.3 is 18.9 Å². The van der Waals surface area contributed by atoms with Crippen LogP contribution in [-0.2, 0) is 18.9 Å². The summed E-state index contributed by atoms with van der Waals surface area (Å²) in [6, 6.07) is 8.92. The van der Waals surface area contributed by atoms with Crippen molar-refractivity contribution in [3.63, 3.8) is 0 Å². The van der Waals surface area contributed by atoms with Crippen molar-refractivity contribution in [3.8, 4) is 0 Å². The normalized spacial score (nSPS) is 33.7. The van der Waals surface area contributed by atoms with Crippen molar-refractivity contribution in [2.45, 2.75) is 44.2 Å². The molecular formula is C15H17IO5. The third-order valence-corrected chi connectivity index (χ3v) is 4.36. The van der Waals surface area contributed by atoms with Gasteiger partial charge in [0.15, 0.2) is 24.3 Å². The molecule has 0 amide bonds. The maximum Gasteiger partial charge on any atom is 0.338 e. The second-order valence-corrected chi connectivity index (χ2v) is 6.41. The molecule has 0 N–H and O–H groups in total. The van der Waals surface area contributed by atoms with E-state index in [1.807, 2.05) is 19.9 Å². The molecule has 21 heavy (non-hydrogen) atoms. The molecule has 1 aromatic rings. The van der Waals surface area contributed by atoms with Gasteiger partial charge in [0.05, 0.1) is 5.56 Å². The van der Waals surface area contributed by atoms with E-state index in [1.165, 1.54) is 0 Å². The van der Waals surface area contributed by atoms with Crippen molar-refractivity contribution in [1.29, 1.82) is 0 Å². The van der Waals surface area contributed by atoms with E-state index in [2.05, 4.69) is 22.6 Å². The summed E-state index contributed by atoms with van der Waals surface area (Å²) in [5, 5.41) is 0. The van der Waals surface area contributed by atoms with E-state index in [0.717, 1.165) is 0 Å². The van der Waals surface area contributed by atoms with E-state index >= 15 is 0 Å². The third kappa shape index (κ3) is 3.08. The van der Waals surface area contributed by atoms with Gasteiger partial charge in [0, 0.05) is 4.43 Å². The molecule has 2 heterocycles. The van der Waals surface area contributed by atoms with Crippen LogP contribution in [0.4, 0.5) is 0 Å². The Morgan fingerprint density at radius 2 is 2.00 bits per heavy atom. The highest BCUT2D eigenvalue weighted by Gasteiger charge is 2.56. The first-order valence-electron chi connectivity index (χ1n) is 6.83. The van der Waals surface area contributed by atoms with Crippen molar-refractivity contribution >= 4 is 28.6 Å². The first kappa shape index (κ1) is 15.2. The first-order chi connectivity index (χ1) is 10.00. The molecule has 114 valence electrons. The van der Waals surface area contributed by atoms with Crippen LogP contribution in [0.5, 0.6) is 0 Å². The minimum Gasteiger partial charge on any atom is -0.453 e. The topological polar surface area (TPSA) is 54.0 Å². The number of hydrogen-bond acceptors (Lipinski definition) is 5. The van der Waals surface area contributed by atoms with Gasteiger partial charge in [0.25, 0.3) is 0 Å². The van der Waals surface area contributed by atoms with Crippen LogP contribution < -0.4 is 0 Å². The zero-order valence-corrected chi connectivity index (χ0v) is 14.0. The molecule has 2 fully saturated rings. The highest BCUT2D eigenvalue weighted by Crippen LogP contribution is 2.39. The molecule has 2 aliphatic heterocycles. The Kier molecular flexibility index (Phi) is 4.22. The Hall–Kier alpha value is -0.700. The molecule has 0 radical (unpaired) electrons. The zero-order chi connectivity index (χ0) is 15.0. The average molecular weight is 404 g/mol. The van der Waals surface area contributed by atoms with Crippen molar-refractivity contribution < 1.29 is 23.7 Å². The summed E-state index contributed by atoms with van der Waals surface area (Å²) in [5.41, 5.74) is 0.520. The number of esters is 1. The molecule has 0 aliphatic carbocycles. The maximum absolute atomic E-state index is 12.2. The summed E-state index contributed by atoms with van der Waals surface area (Å²) < 4.78 is 23.6. The van der Waals surface area contributed by atoms with Crippen LogP contribution in [0, 0.1) is 0 Å². The Balaban J connectivity index is 1.75. The van der Waals surface area contributed by atoms with Crippen LogP contribution in [0.1, 0.15) is 24.2 Å². The van der Waals surface area contributed by atoms with Crippen molar-refractivity contribution in [1.82, 2.24) is 0 Å². The first-order valence-corrected chi connectivity index (χ1v) is 8.36. The van der Waals surface area contributed by atoms with Crippen molar-refractivity contribution in [2.75, 3.05) is 4.43 Å². The lowest BCUT2D eigenvalue weighted by Crippen LogP contribution is -2.39. The van der Waals surface area contributed by atoms with Crippen LogP contribution in [0.3, 0.4) is 0 Å². The highest BCUT2D eigenvalue weighted by molar-refractivity contribution is 14.1. The molecule has 2 aliphatic rings. The summed E-state index contributed by atoms with van der Waals surface area (Å²) in [5.74, 6) is -1.09. The minimum atomic E-state index is -0.719. The molecule has 4 atom stereocenters. The maximum atomic E-state index is 12.2. The van der Waals surface area contributed by atoms with Crippen molar-refractivity contribution in [2.24, 2.45) is 0 Å².